The quantitative estimate of drug-likeness (QED) is 0.868. The average Bonchev–Trinajstić information content (AvgIpc) is 2.46. The smallest absolute Gasteiger partial charge is 0.336 e. The molecule has 0 radical (unpaired) electrons. The molecule has 2 atom stereocenters. The van der Waals surface area contributed by atoms with Crippen LogP contribution in [0.3, 0.4) is 0 Å². The van der Waals surface area contributed by atoms with E-state index in [1.807, 2.05) is 13.8 Å². The highest BCUT2D eigenvalue weighted by atomic mass is 32.2. The molecular weight excluding hydrogens is 278 g/mol. The first-order valence-electron chi connectivity index (χ1n) is 6.45. The normalized spacial score (nSPS) is 13.6. The fourth-order valence-corrected chi connectivity index (χ4v) is 3.19. The summed E-state index contributed by atoms with van der Waals surface area (Å²) >= 11 is 0. The third-order valence-electron chi connectivity index (χ3n) is 3.08. The maximum absolute atomic E-state index is 12.4. The Hall–Kier alpha value is -1.69. The number of rotatable bonds is 6. The average molecular weight is 297 g/mol. The molecule has 110 valence electrons. The van der Waals surface area contributed by atoms with Gasteiger partial charge >= 0.3 is 5.97 Å². The largest absolute Gasteiger partial charge is 0.478 e. The van der Waals surface area contributed by atoms with E-state index in [2.05, 4.69) is 0 Å². The highest BCUT2D eigenvalue weighted by Crippen LogP contribution is 2.18. The standard InChI is InChI=1S/C14H19NO4S/c1-4-15(5-2)13(16)10(3)20(19)12-9-7-6-8-11(12)14(17)18/h6-10H,4-5H2,1-3H3,(H,17,18). The van der Waals surface area contributed by atoms with Crippen LogP contribution < -0.4 is 0 Å². The van der Waals surface area contributed by atoms with Crippen LogP contribution in [0.25, 0.3) is 0 Å². The lowest BCUT2D eigenvalue weighted by Gasteiger charge is -2.22. The van der Waals surface area contributed by atoms with Crippen LogP contribution >= 0.6 is 0 Å². The van der Waals surface area contributed by atoms with Gasteiger partial charge in [0.2, 0.25) is 5.91 Å². The molecule has 1 aromatic rings. The van der Waals surface area contributed by atoms with Gasteiger partial charge in [-0.1, -0.05) is 12.1 Å². The number of hydrogen-bond donors (Lipinski definition) is 1. The van der Waals surface area contributed by atoms with Crippen LogP contribution in [0.1, 0.15) is 31.1 Å². The first kappa shape index (κ1) is 16.4. The minimum atomic E-state index is -1.69. The van der Waals surface area contributed by atoms with Crippen LogP contribution in [0.5, 0.6) is 0 Å². The van der Waals surface area contributed by atoms with Gasteiger partial charge in [-0.05, 0) is 32.9 Å². The second kappa shape index (κ2) is 7.19. The molecule has 1 aromatic carbocycles. The molecule has 0 saturated heterocycles. The van der Waals surface area contributed by atoms with Crippen LogP contribution in [-0.4, -0.2) is 44.4 Å². The molecule has 0 aliphatic heterocycles. The number of carboxylic acid groups (broad SMARTS) is 1. The lowest BCUT2D eigenvalue weighted by molar-refractivity contribution is -0.130. The fourth-order valence-electron chi connectivity index (χ4n) is 1.89. The monoisotopic (exact) mass is 297 g/mol. The van der Waals surface area contributed by atoms with E-state index >= 15 is 0 Å². The van der Waals surface area contributed by atoms with E-state index < -0.39 is 22.0 Å². The Morgan fingerprint density at radius 1 is 1.25 bits per heavy atom. The maximum Gasteiger partial charge on any atom is 0.336 e. The molecule has 0 aliphatic carbocycles. The number of aromatic carboxylic acids is 1. The van der Waals surface area contributed by atoms with Gasteiger partial charge in [0.25, 0.3) is 0 Å². The van der Waals surface area contributed by atoms with Crippen molar-refractivity contribution >= 4 is 22.7 Å². The van der Waals surface area contributed by atoms with E-state index in [-0.39, 0.29) is 16.4 Å². The van der Waals surface area contributed by atoms with Crippen molar-refractivity contribution in [3.05, 3.63) is 29.8 Å². The van der Waals surface area contributed by atoms with E-state index in [1.54, 1.807) is 24.0 Å². The lowest BCUT2D eigenvalue weighted by atomic mass is 10.2. The Morgan fingerprint density at radius 3 is 2.30 bits per heavy atom. The van der Waals surface area contributed by atoms with Gasteiger partial charge in [0.15, 0.2) is 0 Å². The summed E-state index contributed by atoms with van der Waals surface area (Å²) < 4.78 is 12.4. The SMILES string of the molecule is CCN(CC)C(=O)C(C)S(=O)c1ccccc1C(=O)O. The first-order valence-corrected chi connectivity index (χ1v) is 7.66. The maximum atomic E-state index is 12.4. The summed E-state index contributed by atoms with van der Waals surface area (Å²) in [4.78, 5) is 25.1. The van der Waals surface area contributed by atoms with Crippen molar-refractivity contribution in [2.24, 2.45) is 0 Å². The molecule has 0 fully saturated rings. The van der Waals surface area contributed by atoms with Crippen molar-refractivity contribution in [2.45, 2.75) is 30.9 Å². The first-order chi connectivity index (χ1) is 9.43. The molecule has 5 nitrogen and oxygen atoms in total. The Kier molecular flexibility index (Phi) is 5.88. The summed E-state index contributed by atoms with van der Waals surface area (Å²) in [5, 5.41) is 8.34. The number of benzene rings is 1. The predicted molar refractivity (Wildman–Crippen MR) is 77.2 cm³/mol. The fraction of sp³-hybridized carbons (Fsp3) is 0.429. The zero-order valence-corrected chi connectivity index (χ0v) is 12.6. The minimum Gasteiger partial charge on any atom is -0.478 e. The molecule has 20 heavy (non-hydrogen) atoms. The Bertz CT molecular complexity index is 526. The summed E-state index contributed by atoms with van der Waals surface area (Å²) in [5.41, 5.74) is -0.0231. The molecule has 0 saturated carbocycles. The molecule has 1 rings (SSSR count). The minimum absolute atomic E-state index is 0.0231. The predicted octanol–water partition coefficient (Wildman–Crippen LogP) is 1.75. The van der Waals surface area contributed by atoms with E-state index in [0.717, 1.165) is 0 Å². The molecule has 6 heteroatoms. The molecule has 1 N–H and O–H groups in total. The highest BCUT2D eigenvalue weighted by molar-refractivity contribution is 7.86. The molecule has 0 spiro atoms. The van der Waals surface area contributed by atoms with Crippen molar-refractivity contribution in [2.75, 3.05) is 13.1 Å². The zero-order valence-electron chi connectivity index (χ0n) is 11.8. The van der Waals surface area contributed by atoms with Gasteiger partial charge in [-0.25, -0.2) is 4.79 Å². The van der Waals surface area contributed by atoms with E-state index in [1.165, 1.54) is 12.1 Å². The third-order valence-corrected chi connectivity index (χ3v) is 4.71. The van der Waals surface area contributed by atoms with Gasteiger partial charge in [-0.2, -0.15) is 0 Å². The van der Waals surface area contributed by atoms with Crippen molar-refractivity contribution in [1.82, 2.24) is 4.90 Å². The third kappa shape index (κ3) is 3.45. The Balaban J connectivity index is 3.06. The molecule has 1 amide bonds. The molecule has 0 heterocycles. The summed E-state index contributed by atoms with van der Waals surface area (Å²) in [6, 6.07) is 6.07. The van der Waals surface area contributed by atoms with E-state index in [0.29, 0.717) is 13.1 Å². The van der Waals surface area contributed by atoms with Crippen LogP contribution in [0.2, 0.25) is 0 Å². The van der Waals surface area contributed by atoms with Gasteiger partial charge in [-0.15, -0.1) is 0 Å². The van der Waals surface area contributed by atoms with E-state index in [9.17, 15) is 13.8 Å². The molecular formula is C14H19NO4S. The van der Waals surface area contributed by atoms with Gasteiger partial charge in [0.05, 0.1) is 21.3 Å². The van der Waals surface area contributed by atoms with Crippen molar-refractivity contribution in [3.8, 4) is 0 Å². The van der Waals surface area contributed by atoms with Gasteiger partial charge in [-0.3, -0.25) is 9.00 Å². The number of carboxylic acids is 1. The number of carbonyl (C=O) groups excluding carboxylic acids is 1. The molecule has 2 unspecified atom stereocenters. The van der Waals surface area contributed by atoms with Crippen LogP contribution in [0.4, 0.5) is 0 Å². The Labute approximate surface area is 121 Å². The molecule has 0 bridgehead atoms. The van der Waals surface area contributed by atoms with E-state index in [4.69, 9.17) is 5.11 Å². The Morgan fingerprint density at radius 2 is 1.80 bits per heavy atom. The number of carbonyl (C=O) groups is 2. The zero-order chi connectivity index (χ0) is 15.3. The number of amides is 1. The number of nitrogens with zero attached hydrogens (tertiary/aromatic N) is 1. The van der Waals surface area contributed by atoms with Crippen molar-refractivity contribution < 1.29 is 18.9 Å². The molecule has 0 aliphatic rings. The summed E-state index contributed by atoms with van der Waals surface area (Å²) in [5.74, 6) is -1.37. The summed E-state index contributed by atoms with van der Waals surface area (Å²) in [6.07, 6.45) is 0. The lowest BCUT2D eigenvalue weighted by Crippen LogP contribution is -2.39. The second-order valence-electron chi connectivity index (χ2n) is 4.25. The van der Waals surface area contributed by atoms with Gasteiger partial charge < -0.3 is 10.0 Å². The summed E-state index contributed by atoms with van der Waals surface area (Å²) in [6.45, 7) is 6.34. The second-order valence-corrected chi connectivity index (χ2v) is 5.99. The van der Waals surface area contributed by atoms with Crippen molar-refractivity contribution in [1.29, 1.82) is 0 Å². The molecule has 0 aromatic heterocycles. The highest BCUT2D eigenvalue weighted by Gasteiger charge is 2.27. The van der Waals surface area contributed by atoms with Crippen LogP contribution in [0, 0.1) is 0 Å². The van der Waals surface area contributed by atoms with Gasteiger partial charge in [0.1, 0.15) is 5.25 Å². The topological polar surface area (TPSA) is 74.7 Å². The van der Waals surface area contributed by atoms with Gasteiger partial charge in [0, 0.05) is 13.1 Å². The summed E-state index contributed by atoms with van der Waals surface area (Å²) in [7, 11) is -1.69. The van der Waals surface area contributed by atoms with Crippen LogP contribution in [-0.2, 0) is 15.6 Å². The van der Waals surface area contributed by atoms with Crippen LogP contribution in [0.15, 0.2) is 29.2 Å². The van der Waals surface area contributed by atoms with Crippen molar-refractivity contribution in [3.63, 3.8) is 0 Å². The number of hydrogen-bond acceptors (Lipinski definition) is 3.